The van der Waals surface area contributed by atoms with E-state index in [0.29, 0.717) is 6.42 Å². The summed E-state index contributed by atoms with van der Waals surface area (Å²) < 4.78 is 0. The highest BCUT2D eigenvalue weighted by Crippen LogP contribution is 2.13. The van der Waals surface area contributed by atoms with E-state index >= 15 is 0 Å². The zero-order valence-electron chi connectivity index (χ0n) is 17.3. The van der Waals surface area contributed by atoms with Crippen LogP contribution >= 0.6 is 0 Å². The number of carbonyl (C=O) groups is 1. The van der Waals surface area contributed by atoms with Gasteiger partial charge in [-0.3, -0.25) is 4.79 Å². The summed E-state index contributed by atoms with van der Waals surface area (Å²) in [6.45, 7) is 2.27. The lowest BCUT2D eigenvalue weighted by Crippen LogP contribution is -2.30. The third-order valence-corrected chi connectivity index (χ3v) is 5.01. The summed E-state index contributed by atoms with van der Waals surface area (Å²) in [5.74, 6) is -0.233. The predicted octanol–water partition coefficient (Wildman–Crippen LogP) is 6.19. The van der Waals surface area contributed by atoms with E-state index in [2.05, 4.69) is 24.4 Å². The Morgan fingerprint density at radius 2 is 1.48 bits per heavy atom. The Balaban J connectivity index is 2.10. The molecule has 0 heterocycles. The van der Waals surface area contributed by atoms with Gasteiger partial charge < -0.3 is 11.1 Å². The first-order valence-electron chi connectivity index (χ1n) is 11.0. The fraction of sp³-hybridized carbons (Fsp3) is 0.625. The number of amides is 1. The number of carbonyl (C=O) groups excluding carboxylic acids is 1. The van der Waals surface area contributed by atoms with Crippen LogP contribution in [0.15, 0.2) is 36.5 Å². The number of unbranched alkanes of at least 4 members (excludes halogenated alkanes) is 10. The lowest BCUT2D eigenvalue weighted by atomic mass is 10.0. The summed E-state index contributed by atoms with van der Waals surface area (Å²) in [5.41, 5.74) is 6.55. The molecule has 0 unspecified atom stereocenters. The molecule has 1 aromatic rings. The van der Waals surface area contributed by atoms with Crippen LogP contribution in [0.25, 0.3) is 6.08 Å². The summed E-state index contributed by atoms with van der Waals surface area (Å²) in [5, 5.41) is 3.35. The van der Waals surface area contributed by atoms with Crippen LogP contribution < -0.4 is 11.1 Å². The van der Waals surface area contributed by atoms with Crippen LogP contribution in [-0.2, 0) is 4.79 Å². The van der Waals surface area contributed by atoms with Crippen molar-refractivity contribution >= 4 is 12.0 Å². The van der Waals surface area contributed by atoms with E-state index in [0.717, 1.165) is 18.4 Å². The van der Waals surface area contributed by atoms with Crippen molar-refractivity contribution in [2.45, 2.75) is 96.4 Å². The van der Waals surface area contributed by atoms with E-state index in [9.17, 15) is 4.79 Å². The number of nitrogens with one attached hydrogen (secondary N) is 1. The third-order valence-electron chi connectivity index (χ3n) is 5.01. The van der Waals surface area contributed by atoms with Crippen molar-refractivity contribution in [1.82, 2.24) is 5.32 Å². The summed E-state index contributed by atoms with van der Waals surface area (Å²) in [6, 6.07) is 10.3. The van der Waals surface area contributed by atoms with E-state index in [-0.39, 0.29) is 11.9 Å². The van der Waals surface area contributed by atoms with E-state index < -0.39 is 0 Å². The van der Waals surface area contributed by atoms with Crippen molar-refractivity contribution < 1.29 is 4.79 Å². The van der Waals surface area contributed by atoms with Crippen molar-refractivity contribution in [3.8, 4) is 0 Å². The van der Waals surface area contributed by atoms with Gasteiger partial charge in [-0.05, 0) is 24.3 Å². The van der Waals surface area contributed by atoms with Crippen molar-refractivity contribution in [3.63, 3.8) is 0 Å². The van der Waals surface area contributed by atoms with Gasteiger partial charge in [0, 0.05) is 12.5 Å². The van der Waals surface area contributed by atoms with Crippen molar-refractivity contribution in [3.05, 3.63) is 42.1 Å². The molecule has 0 aliphatic carbocycles. The molecule has 0 bridgehead atoms. The van der Waals surface area contributed by atoms with Crippen LogP contribution in [0, 0.1) is 0 Å². The van der Waals surface area contributed by atoms with Gasteiger partial charge >= 0.3 is 0 Å². The van der Waals surface area contributed by atoms with E-state index in [1.54, 1.807) is 0 Å². The molecular weight excluding hydrogens is 332 g/mol. The molecule has 3 heteroatoms. The molecule has 0 saturated heterocycles. The van der Waals surface area contributed by atoms with Crippen LogP contribution in [0.4, 0.5) is 0 Å². The lowest BCUT2D eigenvalue weighted by molar-refractivity contribution is -0.118. The molecule has 0 saturated carbocycles. The standard InChI is InChI=1S/C24H40N2O/c1-2-3-4-5-6-7-8-9-10-11-15-18-23(21-24(25)27)26-20-19-22-16-13-12-14-17-22/h12-14,16-17,19-20,23,26H,2-11,15,18,21H2,1H3,(H2,25,27)/t23-/m0/s1. The highest BCUT2D eigenvalue weighted by Gasteiger charge is 2.09. The van der Waals surface area contributed by atoms with Gasteiger partial charge in [0.25, 0.3) is 0 Å². The fourth-order valence-corrected chi connectivity index (χ4v) is 3.39. The molecule has 0 spiro atoms. The normalized spacial score (nSPS) is 12.3. The highest BCUT2D eigenvalue weighted by molar-refractivity contribution is 5.74. The number of rotatable bonds is 17. The lowest BCUT2D eigenvalue weighted by Gasteiger charge is -2.15. The summed E-state index contributed by atoms with van der Waals surface area (Å²) >= 11 is 0. The Labute approximate surface area is 166 Å². The van der Waals surface area contributed by atoms with Gasteiger partial charge in [0.2, 0.25) is 5.91 Å². The number of hydrogen-bond acceptors (Lipinski definition) is 2. The van der Waals surface area contributed by atoms with Crippen molar-refractivity contribution in [2.75, 3.05) is 0 Å². The maximum atomic E-state index is 11.3. The largest absolute Gasteiger partial charge is 0.388 e. The summed E-state index contributed by atoms with van der Waals surface area (Å²) in [4.78, 5) is 11.3. The second-order valence-corrected chi connectivity index (χ2v) is 7.60. The molecule has 0 aliphatic rings. The Morgan fingerprint density at radius 1 is 0.926 bits per heavy atom. The molecule has 1 rings (SSSR count). The average molecular weight is 373 g/mol. The first kappa shape index (κ1) is 23.3. The minimum atomic E-state index is -0.233. The maximum Gasteiger partial charge on any atom is 0.219 e. The highest BCUT2D eigenvalue weighted by atomic mass is 16.1. The Bertz CT molecular complexity index is 498. The topological polar surface area (TPSA) is 55.1 Å². The van der Waals surface area contributed by atoms with Crippen LogP contribution in [-0.4, -0.2) is 11.9 Å². The molecule has 1 amide bonds. The molecule has 3 nitrogen and oxygen atoms in total. The van der Waals surface area contributed by atoms with Gasteiger partial charge in [-0.15, -0.1) is 0 Å². The molecule has 0 radical (unpaired) electrons. The molecule has 27 heavy (non-hydrogen) atoms. The fourth-order valence-electron chi connectivity index (χ4n) is 3.39. The molecule has 0 fully saturated rings. The summed E-state index contributed by atoms with van der Waals surface area (Å²) in [7, 11) is 0. The zero-order valence-corrected chi connectivity index (χ0v) is 17.3. The van der Waals surface area contributed by atoms with Gasteiger partial charge in [0.15, 0.2) is 0 Å². The Kier molecular flexibility index (Phi) is 14.1. The minimum absolute atomic E-state index is 0.140. The molecule has 1 aromatic carbocycles. The second-order valence-electron chi connectivity index (χ2n) is 7.60. The predicted molar refractivity (Wildman–Crippen MR) is 117 cm³/mol. The molecular formula is C24H40N2O. The minimum Gasteiger partial charge on any atom is -0.388 e. The average Bonchev–Trinajstić information content (AvgIpc) is 2.66. The second kappa shape index (κ2) is 16.4. The van der Waals surface area contributed by atoms with Gasteiger partial charge in [0.05, 0.1) is 0 Å². The molecule has 3 N–H and O–H groups in total. The number of nitrogens with two attached hydrogens (primary N) is 1. The van der Waals surface area contributed by atoms with Gasteiger partial charge in [-0.2, -0.15) is 0 Å². The zero-order chi connectivity index (χ0) is 19.6. The van der Waals surface area contributed by atoms with E-state index in [1.807, 2.05) is 30.5 Å². The third kappa shape index (κ3) is 14.0. The first-order valence-corrected chi connectivity index (χ1v) is 11.0. The van der Waals surface area contributed by atoms with Crippen LogP contribution in [0.2, 0.25) is 0 Å². The van der Waals surface area contributed by atoms with Gasteiger partial charge in [-0.1, -0.05) is 108 Å². The quantitative estimate of drug-likeness (QED) is 0.320. The Morgan fingerprint density at radius 3 is 2.04 bits per heavy atom. The van der Waals surface area contributed by atoms with E-state index in [4.69, 9.17) is 5.73 Å². The van der Waals surface area contributed by atoms with Crippen LogP contribution in [0.5, 0.6) is 0 Å². The van der Waals surface area contributed by atoms with Crippen molar-refractivity contribution in [1.29, 1.82) is 0 Å². The number of hydrogen-bond donors (Lipinski definition) is 2. The van der Waals surface area contributed by atoms with Gasteiger partial charge in [0.1, 0.15) is 0 Å². The summed E-state index contributed by atoms with van der Waals surface area (Å²) in [6.07, 6.45) is 20.1. The molecule has 0 aliphatic heterocycles. The van der Waals surface area contributed by atoms with E-state index in [1.165, 1.54) is 64.2 Å². The maximum absolute atomic E-state index is 11.3. The smallest absolute Gasteiger partial charge is 0.219 e. The Hall–Kier alpha value is -1.77. The van der Waals surface area contributed by atoms with Gasteiger partial charge in [-0.25, -0.2) is 0 Å². The molecule has 1 atom stereocenters. The monoisotopic (exact) mass is 372 g/mol. The first-order chi connectivity index (χ1) is 13.2. The SMILES string of the molecule is CCCCCCCCCCCCC[C@@H](CC(N)=O)NC=Cc1ccccc1. The van der Waals surface area contributed by atoms with Crippen LogP contribution in [0.1, 0.15) is 96.0 Å². The van der Waals surface area contributed by atoms with Crippen LogP contribution in [0.3, 0.4) is 0 Å². The molecule has 0 aromatic heterocycles. The van der Waals surface area contributed by atoms with Crippen molar-refractivity contribution in [2.24, 2.45) is 5.73 Å². The number of primary amides is 1. The molecule has 152 valence electrons. The number of benzene rings is 1.